The fourth-order valence-corrected chi connectivity index (χ4v) is 2.38. The number of aliphatic carboxylic acids is 1. The van der Waals surface area contributed by atoms with Crippen LogP contribution in [0.2, 0.25) is 0 Å². The Kier molecular flexibility index (Phi) is 6.98. The lowest BCUT2D eigenvalue weighted by Crippen LogP contribution is -2.44. The molecule has 0 aromatic carbocycles. The molecule has 0 aromatic rings. The number of hydrogen-bond donors (Lipinski definition) is 1. The number of carbonyl (C=O) groups is 3. The Morgan fingerprint density at radius 2 is 1.55 bits per heavy atom. The van der Waals surface area contributed by atoms with Gasteiger partial charge in [-0.15, -0.1) is 0 Å². The molecule has 0 aromatic heterocycles. The quantitative estimate of drug-likeness (QED) is 0.493. The van der Waals surface area contributed by atoms with Gasteiger partial charge in [0.15, 0.2) is 0 Å². The summed E-state index contributed by atoms with van der Waals surface area (Å²) in [4.78, 5) is 35.0. The molecule has 1 aliphatic heterocycles. The molecule has 1 heterocycles. The van der Waals surface area contributed by atoms with Gasteiger partial charge in [0.1, 0.15) is 6.04 Å². The van der Waals surface area contributed by atoms with Crippen LogP contribution in [0.4, 0.5) is 0 Å². The smallest absolute Gasteiger partial charge is 0.326 e. The first-order valence-corrected chi connectivity index (χ1v) is 7.36. The van der Waals surface area contributed by atoms with Crippen molar-refractivity contribution in [2.75, 3.05) is 0 Å². The SMILES string of the molecule is CCCCCCCCCC(C(=O)O)N1C(=O)C=CC1=O. The molecule has 20 heavy (non-hydrogen) atoms. The van der Waals surface area contributed by atoms with Crippen LogP contribution in [-0.4, -0.2) is 33.8 Å². The summed E-state index contributed by atoms with van der Waals surface area (Å²) in [5.74, 6) is -2.16. The summed E-state index contributed by atoms with van der Waals surface area (Å²) < 4.78 is 0. The van der Waals surface area contributed by atoms with Gasteiger partial charge in [0.25, 0.3) is 11.8 Å². The third-order valence-electron chi connectivity index (χ3n) is 3.52. The van der Waals surface area contributed by atoms with E-state index >= 15 is 0 Å². The number of rotatable bonds is 10. The molecule has 1 unspecified atom stereocenters. The molecule has 112 valence electrons. The molecular formula is C15H23NO4. The monoisotopic (exact) mass is 281 g/mol. The summed E-state index contributed by atoms with van der Waals surface area (Å²) >= 11 is 0. The minimum atomic E-state index is -1.11. The second kappa shape index (κ2) is 8.51. The lowest BCUT2D eigenvalue weighted by Gasteiger charge is -2.22. The van der Waals surface area contributed by atoms with E-state index in [1.807, 2.05) is 0 Å². The van der Waals surface area contributed by atoms with E-state index in [4.69, 9.17) is 5.11 Å². The average molecular weight is 281 g/mol. The van der Waals surface area contributed by atoms with Crippen molar-refractivity contribution in [1.82, 2.24) is 4.90 Å². The maximum absolute atomic E-state index is 11.5. The van der Waals surface area contributed by atoms with E-state index in [2.05, 4.69) is 6.92 Å². The number of unbranched alkanes of at least 4 members (excludes halogenated alkanes) is 6. The van der Waals surface area contributed by atoms with Crippen molar-refractivity contribution in [1.29, 1.82) is 0 Å². The number of carboxylic acids is 1. The summed E-state index contributed by atoms with van der Waals surface area (Å²) in [5, 5.41) is 9.17. The van der Waals surface area contributed by atoms with Crippen LogP contribution in [0, 0.1) is 0 Å². The Morgan fingerprint density at radius 1 is 1.05 bits per heavy atom. The minimum absolute atomic E-state index is 0.336. The highest BCUT2D eigenvalue weighted by Gasteiger charge is 2.35. The molecule has 0 saturated carbocycles. The van der Waals surface area contributed by atoms with Crippen LogP contribution in [0.1, 0.15) is 58.3 Å². The van der Waals surface area contributed by atoms with E-state index < -0.39 is 23.8 Å². The van der Waals surface area contributed by atoms with E-state index in [0.29, 0.717) is 6.42 Å². The summed E-state index contributed by atoms with van der Waals surface area (Å²) in [6.45, 7) is 2.16. The summed E-state index contributed by atoms with van der Waals surface area (Å²) in [5.41, 5.74) is 0. The second-order valence-electron chi connectivity index (χ2n) is 5.14. The average Bonchev–Trinajstić information content (AvgIpc) is 2.73. The van der Waals surface area contributed by atoms with Gasteiger partial charge in [-0.3, -0.25) is 14.5 Å². The van der Waals surface area contributed by atoms with Crippen molar-refractivity contribution >= 4 is 17.8 Å². The van der Waals surface area contributed by atoms with Crippen LogP contribution >= 0.6 is 0 Å². The van der Waals surface area contributed by atoms with E-state index in [0.717, 1.165) is 42.7 Å². The molecule has 1 rings (SSSR count). The van der Waals surface area contributed by atoms with Gasteiger partial charge in [-0.05, 0) is 6.42 Å². The maximum Gasteiger partial charge on any atom is 0.326 e. The highest BCUT2D eigenvalue weighted by atomic mass is 16.4. The van der Waals surface area contributed by atoms with Crippen molar-refractivity contribution in [2.24, 2.45) is 0 Å². The molecule has 1 N–H and O–H groups in total. The van der Waals surface area contributed by atoms with Gasteiger partial charge in [0.2, 0.25) is 0 Å². The second-order valence-corrected chi connectivity index (χ2v) is 5.14. The highest BCUT2D eigenvalue weighted by molar-refractivity contribution is 6.14. The molecule has 0 bridgehead atoms. The number of amides is 2. The molecule has 5 nitrogen and oxygen atoms in total. The minimum Gasteiger partial charge on any atom is -0.480 e. The number of carboxylic acid groups (broad SMARTS) is 1. The van der Waals surface area contributed by atoms with Gasteiger partial charge in [-0.25, -0.2) is 4.79 Å². The van der Waals surface area contributed by atoms with Gasteiger partial charge in [0, 0.05) is 12.2 Å². The molecule has 5 heteroatoms. The van der Waals surface area contributed by atoms with E-state index in [9.17, 15) is 14.4 Å². The van der Waals surface area contributed by atoms with Gasteiger partial charge >= 0.3 is 5.97 Å². The molecule has 1 aliphatic rings. The Labute approximate surface area is 119 Å². The number of hydrogen-bond acceptors (Lipinski definition) is 3. The Balaban J connectivity index is 2.32. The van der Waals surface area contributed by atoms with Crippen molar-refractivity contribution in [3.8, 4) is 0 Å². The largest absolute Gasteiger partial charge is 0.480 e. The fourth-order valence-electron chi connectivity index (χ4n) is 2.38. The number of imide groups is 1. The number of carbonyl (C=O) groups excluding carboxylic acids is 2. The van der Waals surface area contributed by atoms with E-state index in [1.54, 1.807) is 0 Å². The first kappa shape index (κ1) is 16.4. The predicted octanol–water partition coefficient (Wildman–Crippen LogP) is 2.51. The van der Waals surface area contributed by atoms with Gasteiger partial charge in [0.05, 0.1) is 0 Å². The van der Waals surface area contributed by atoms with Gasteiger partial charge < -0.3 is 5.11 Å². The van der Waals surface area contributed by atoms with Crippen molar-refractivity contribution < 1.29 is 19.5 Å². The fraction of sp³-hybridized carbons (Fsp3) is 0.667. The van der Waals surface area contributed by atoms with Gasteiger partial charge in [-0.2, -0.15) is 0 Å². The molecule has 0 fully saturated rings. The summed E-state index contributed by atoms with van der Waals surface area (Å²) in [6.07, 6.45) is 10.1. The molecule has 0 radical (unpaired) electrons. The van der Waals surface area contributed by atoms with Crippen LogP contribution in [0.5, 0.6) is 0 Å². The van der Waals surface area contributed by atoms with Crippen LogP contribution in [0.15, 0.2) is 12.2 Å². The Hall–Kier alpha value is -1.65. The van der Waals surface area contributed by atoms with Gasteiger partial charge in [-0.1, -0.05) is 51.9 Å². The molecule has 2 amide bonds. The standard InChI is InChI=1S/C15H23NO4/c1-2-3-4-5-6-7-8-9-12(15(19)20)16-13(17)10-11-14(16)18/h10-12H,2-9H2,1H3,(H,19,20). The predicted molar refractivity (Wildman–Crippen MR) is 75.0 cm³/mol. The third kappa shape index (κ3) is 4.79. The topological polar surface area (TPSA) is 74.7 Å². The van der Waals surface area contributed by atoms with E-state index in [1.165, 1.54) is 19.3 Å². The zero-order chi connectivity index (χ0) is 15.0. The lowest BCUT2D eigenvalue weighted by molar-refractivity contribution is -0.153. The van der Waals surface area contributed by atoms with Crippen molar-refractivity contribution in [2.45, 2.75) is 64.3 Å². The lowest BCUT2D eigenvalue weighted by atomic mass is 10.0. The molecule has 0 saturated heterocycles. The zero-order valence-corrected chi connectivity index (χ0v) is 12.0. The zero-order valence-electron chi connectivity index (χ0n) is 12.0. The van der Waals surface area contributed by atoms with Crippen LogP contribution in [0.25, 0.3) is 0 Å². The molecular weight excluding hydrogens is 258 g/mol. The Bertz CT molecular complexity index is 371. The summed E-state index contributed by atoms with van der Waals surface area (Å²) in [6, 6.07) is -1.03. The normalized spacial score (nSPS) is 15.9. The summed E-state index contributed by atoms with van der Waals surface area (Å²) in [7, 11) is 0. The Morgan fingerprint density at radius 3 is 2.05 bits per heavy atom. The molecule has 1 atom stereocenters. The van der Waals surface area contributed by atoms with Crippen LogP contribution in [0.3, 0.4) is 0 Å². The van der Waals surface area contributed by atoms with E-state index in [-0.39, 0.29) is 0 Å². The highest BCUT2D eigenvalue weighted by Crippen LogP contribution is 2.16. The van der Waals surface area contributed by atoms with Crippen molar-refractivity contribution in [3.63, 3.8) is 0 Å². The van der Waals surface area contributed by atoms with Crippen LogP contribution < -0.4 is 0 Å². The number of nitrogens with zero attached hydrogens (tertiary/aromatic N) is 1. The van der Waals surface area contributed by atoms with Crippen LogP contribution in [-0.2, 0) is 14.4 Å². The van der Waals surface area contributed by atoms with Crippen molar-refractivity contribution in [3.05, 3.63) is 12.2 Å². The maximum atomic E-state index is 11.5. The first-order chi connectivity index (χ1) is 9.57. The third-order valence-corrected chi connectivity index (χ3v) is 3.52. The molecule has 0 spiro atoms. The molecule has 0 aliphatic carbocycles. The first-order valence-electron chi connectivity index (χ1n) is 7.36.